The molecule has 6 nitrogen and oxygen atoms in total. The average Bonchev–Trinajstić information content (AvgIpc) is 2.55. The highest BCUT2D eigenvalue weighted by Gasteiger charge is 2.22. The quantitative estimate of drug-likeness (QED) is 0.747. The van der Waals surface area contributed by atoms with E-state index in [4.69, 9.17) is 38.5 Å². The summed E-state index contributed by atoms with van der Waals surface area (Å²) in [5.41, 5.74) is 7.50. The lowest BCUT2D eigenvalue weighted by atomic mass is 10.1. The van der Waals surface area contributed by atoms with E-state index in [1.54, 1.807) is 20.8 Å². The van der Waals surface area contributed by atoms with Gasteiger partial charge in [0.15, 0.2) is 17.3 Å². The minimum Gasteiger partial charge on any atom is -0.492 e. The van der Waals surface area contributed by atoms with Crippen molar-refractivity contribution in [2.45, 2.75) is 26.4 Å². The highest BCUT2D eigenvalue weighted by atomic mass is 35.5. The van der Waals surface area contributed by atoms with Crippen LogP contribution in [0.5, 0.6) is 5.75 Å². The van der Waals surface area contributed by atoms with E-state index >= 15 is 0 Å². The summed E-state index contributed by atoms with van der Waals surface area (Å²) < 4.78 is 19.6. The van der Waals surface area contributed by atoms with E-state index in [0.29, 0.717) is 0 Å². The lowest BCUT2D eigenvalue weighted by molar-refractivity contribution is -0.0591. The zero-order valence-corrected chi connectivity index (χ0v) is 16.1. The number of rotatable bonds is 4. The molecule has 0 spiro atoms. The Morgan fingerprint density at radius 1 is 1.31 bits per heavy atom. The number of nitrogens with two attached hydrogens (primary N) is 1. The van der Waals surface area contributed by atoms with Gasteiger partial charge in [-0.25, -0.2) is 14.9 Å². The number of aromatic nitrogens is 1. The molecule has 140 valence electrons. The second-order valence-corrected chi connectivity index (χ2v) is 7.13. The monoisotopic (exact) mass is 401 g/mol. The number of amides is 1. The van der Waals surface area contributed by atoms with Crippen LogP contribution in [0.25, 0.3) is 11.3 Å². The summed E-state index contributed by atoms with van der Waals surface area (Å²) in [4.78, 5) is 21.7. The molecule has 1 aromatic carbocycles. The topological polar surface area (TPSA) is 86.5 Å². The van der Waals surface area contributed by atoms with E-state index in [0.717, 1.165) is 0 Å². The maximum Gasteiger partial charge on any atom is 0.295 e. The molecule has 0 aliphatic rings. The normalized spacial score (nSPS) is 11.3. The first-order valence-corrected chi connectivity index (χ1v) is 8.27. The summed E-state index contributed by atoms with van der Waals surface area (Å²) in [5, 5.41) is 0.0392. The number of nitrogen functional groups attached to an aromatic ring is 1. The number of hydroxylamine groups is 1. The fourth-order valence-electron chi connectivity index (χ4n) is 2.00. The van der Waals surface area contributed by atoms with Crippen LogP contribution in [-0.2, 0) is 4.84 Å². The molecule has 2 aromatic rings. The molecule has 0 radical (unpaired) electrons. The summed E-state index contributed by atoms with van der Waals surface area (Å²) in [6.45, 7) is 5.26. The second kappa shape index (κ2) is 7.65. The number of nitrogens with one attached hydrogen (secondary N) is 1. The number of benzene rings is 1. The molecular weight excluding hydrogens is 384 g/mol. The van der Waals surface area contributed by atoms with Crippen molar-refractivity contribution in [2.75, 3.05) is 12.8 Å². The van der Waals surface area contributed by atoms with Gasteiger partial charge in [0.1, 0.15) is 0 Å². The van der Waals surface area contributed by atoms with Crippen LogP contribution in [0.2, 0.25) is 10.0 Å². The largest absolute Gasteiger partial charge is 0.492 e. The van der Waals surface area contributed by atoms with E-state index in [1.807, 2.05) is 0 Å². The lowest BCUT2D eigenvalue weighted by Crippen LogP contribution is -2.34. The van der Waals surface area contributed by atoms with Crippen LogP contribution < -0.4 is 16.0 Å². The molecule has 0 bridgehead atoms. The summed E-state index contributed by atoms with van der Waals surface area (Å²) in [7, 11) is 1.29. The third-order valence-corrected chi connectivity index (χ3v) is 3.87. The van der Waals surface area contributed by atoms with Gasteiger partial charge in [-0.15, -0.1) is 0 Å². The molecule has 0 saturated heterocycles. The molecule has 26 heavy (non-hydrogen) atoms. The van der Waals surface area contributed by atoms with Gasteiger partial charge in [0.25, 0.3) is 5.91 Å². The third-order valence-electron chi connectivity index (χ3n) is 3.18. The molecule has 9 heteroatoms. The molecule has 0 aliphatic carbocycles. The van der Waals surface area contributed by atoms with Crippen LogP contribution in [0.15, 0.2) is 18.2 Å². The van der Waals surface area contributed by atoms with Crippen LogP contribution in [0, 0.1) is 5.82 Å². The van der Waals surface area contributed by atoms with Gasteiger partial charge in [-0.3, -0.25) is 9.63 Å². The maximum atomic E-state index is 14.6. The Bertz CT molecular complexity index is 854. The van der Waals surface area contributed by atoms with Crippen LogP contribution >= 0.6 is 23.2 Å². The van der Waals surface area contributed by atoms with Crippen molar-refractivity contribution >= 4 is 34.8 Å². The number of nitrogens with zero attached hydrogens (tertiary/aromatic N) is 1. The smallest absolute Gasteiger partial charge is 0.295 e. The Kier molecular flexibility index (Phi) is 5.95. The summed E-state index contributed by atoms with van der Waals surface area (Å²) in [6, 6.07) is 4.21. The molecule has 0 atom stereocenters. The predicted octanol–water partition coefficient (Wildman–Crippen LogP) is 4.25. The number of anilines is 1. The molecule has 1 heterocycles. The Labute approximate surface area is 160 Å². The van der Waals surface area contributed by atoms with Crippen molar-refractivity contribution in [1.29, 1.82) is 0 Å². The molecular formula is C17H18Cl2FN3O3. The van der Waals surface area contributed by atoms with Crippen molar-refractivity contribution in [3.8, 4) is 17.0 Å². The Hall–Kier alpha value is -2.09. The van der Waals surface area contributed by atoms with Crippen molar-refractivity contribution in [1.82, 2.24) is 10.5 Å². The van der Waals surface area contributed by atoms with Crippen molar-refractivity contribution in [3.63, 3.8) is 0 Å². The number of methoxy groups -OCH3 is 1. The molecule has 0 saturated carbocycles. The molecule has 0 unspecified atom stereocenters. The summed E-state index contributed by atoms with van der Waals surface area (Å²) in [5.74, 6) is -1.58. The minimum atomic E-state index is -0.730. The molecule has 1 amide bonds. The van der Waals surface area contributed by atoms with Gasteiger partial charge in [0.2, 0.25) is 0 Å². The van der Waals surface area contributed by atoms with E-state index in [2.05, 4.69) is 10.5 Å². The number of pyridine rings is 1. The lowest BCUT2D eigenvalue weighted by Gasteiger charge is -2.19. The van der Waals surface area contributed by atoms with E-state index in [9.17, 15) is 9.18 Å². The number of hydrogen-bond donors (Lipinski definition) is 2. The maximum absolute atomic E-state index is 14.6. The van der Waals surface area contributed by atoms with Crippen LogP contribution in [0.4, 0.5) is 10.1 Å². The SMILES string of the molecule is COc1c(Cl)ccc(-c2cc(N)c(Cl)c(C(=O)NOC(C)(C)C)n2)c1F. The first-order valence-electron chi connectivity index (χ1n) is 7.52. The number of halogens is 3. The van der Waals surface area contributed by atoms with Gasteiger partial charge in [0.05, 0.1) is 34.1 Å². The van der Waals surface area contributed by atoms with Gasteiger partial charge in [-0.1, -0.05) is 23.2 Å². The number of carbonyl (C=O) groups is 1. The molecule has 0 aliphatic heterocycles. The van der Waals surface area contributed by atoms with Crippen molar-refractivity contribution in [2.24, 2.45) is 0 Å². The van der Waals surface area contributed by atoms with Gasteiger partial charge < -0.3 is 10.5 Å². The molecule has 1 aromatic heterocycles. The fourth-order valence-corrected chi connectivity index (χ4v) is 2.41. The van der Waals surface area contributed by atoms with E-state index in [-0.39, 0.29) is 38.4 Å². The highest BCUT2D eigenvalue weighted by Crippen LogP contribution is 2.36. The van der Waals surface area contributed by atoms with E-state index in [1.165, 1.54) is 25.3 Å². The standard InChI is InChI=1S/C17H18Cl2FN3O3/c1-17(2,3)26-23-16(24)14-12(19)10(21)7-11(22-14)8-5-6-9(18)15(25-4)13(8)20/h5-7H,1-4H3,(H2,21,22)(H,23,24). The summed E-state index contributed by atoms with van der Waals surface area (Å²) in [6.07, 6.45) is 0. The zero-order chi connectivity index (χ0) is 19.6. The number of carbonyl (C=O) groups excluding carboxylic acids is 1. The van der Waals surface area contributed by atoms with Gasteiger partial charge in [-0.2, -0.15) is 0 Å². The van der Waals surface area contributed by atoms with Crippen LogP contribution in [-0.4, -0.2) is 23.6 Å². The van der Waals surface area contributed by atoms with Crippen molar-refractivity contribution in [3.05, 3.63) is 39.8 Å². The van der Waals surface area contributed by atoms with Gasteiger partial charge >= 0.3 is 0 Å². The number of ether oxygens (including phenoxy) is 1. The Morgan fingerprint density at radius 2 is 1.96 bits per heavy atom. The predicted molar refractivity (Wildman–Crippen MR) is 98.9 cm³/mol. The van der Waals surface area contributed by atoms with Crippen LogP contribution in [0.3, 0.4) is 0 Å². The van der Waals surface area contributed by atoms with Gasteiger partial charge in [-0.05, 0) is 39.0 Å². The Balaban J connectivity index is 2.50. The summed E-state index contributed by atoms with van der Waals surface area (Å²) >= 11 is 12.0. The minimum absolute atomic E-state index is 0.0559. The molecule has 3 N–H and O–H groups in total. The van der Waals surface area contributed by atoms with E-state index < -0.39 is 17.3 Å². The fraction of sp³-hybridized carbons (Fsp3) is 0.294. The van der Waals surface area contributed by atoms with Crippen molar-refractivity contribution < 1.29 is 18.8 Å². The Morgan fingerprint density at radius 3 is 2.54 bits per heavy atom. The number of hydrogen-bond acceptors (Lipinski definition) is 5. The zero-order valence-electron chi connectivity index (χ0n) is 14.6. The first kappa shape index (κ1) is 20.2. The first-order chi connectivity index (χ1) is 12.0. The van der Waals surface area contributed by atoms with Crippen LogP contribution in [0.1, 0.15) is 31.3 Å². The molecule has 2 rings (SSSR count). The molecule has 0 fully saturated rings. The highest BCUT2D eigenvalue weighted by molar-refractivity contribution is 6.36. The third kappa shape index (κ3) is 4.35. The van der Waals surface area contributed by atoms with Gasteiger partial charge in [0, 0.05) is 5.56 Å². The second-order valence-electron chi connectivity index (χ2n) is 6.35. The average molecular weight is 402 g/mol.